The number of amides is 1. The zero-order valence-corrected chi connectivity index (χ0v) is 15.8. The topological polar surface area (TPSA) is 41.4 Å². The number of aryl methyl sites for hydroxylation is 2. The highest BCUT2D eigenvalue weighted by atomic mass is 35.5. The first-order chi connectivity index (χ1) is 12.0. The SMILES string of the molecule is Cc1nn(C)c(Cl)c1/C=C/C(=O)N1CCN(c2cccc(Cl)c2)CC1. The number of rotatable bonds is 3. The molecule has 0 atom stereocenters. The Labute approximate surface area is 157 Å². The summed E-state index contributed by atoms with van der Waals surface area (Å²) in [6.07, 6.45) is 3.32. The zero-order valence-electron chi connectivity index (χ0n) is 14.2. The summed E-state index contributed by atoms with van der Waals surface area (Å²) in [6.45, 7) is 4.80. The molecule has 0 saturated carbocycles. The Morgan fingerprint density at radius 3 is 2.52 bits per heavy atom. The van der Waals surface area contributed by atoms with E-state index >= 15 is 0 Å². The van der Waals surface area contributed by atoms with Crippen LogP contribution in [0.15, 0.2) is 30.3 Å². The number of aromatic nitrogens is 2. The van der Waals surface area contributed by atoms with Crippen LogP contribution in [0.5, 0.6) is 0 Å². The van der Waals surface area contributed by atoms with Gasteiger partial charge in [-0.25, -0.2) is 0 Å². The molecule has 25 heavy (non-hydrogen) atoms. The summed E-state index contributed by atoms with van der Waals surface area (Å²) < 4.78 is 1.60. The van der Waals surface area contributed by atoms with E-state index in [1.54, 1.807) is 23.9 Å². The molecule has 0 spiro atoms. The lowest BCUT2D eigenvalue weighted by atomic mass is 10.2. The minimum Gasteiger partial charge on any atom is -0.368 e. The standard InChI is InChI=1S/C18H20Cl2N4O/c1-13-16(18(20)22(2)21-13)6-7-17(25)24-10-8-23(9-11-24)15-5-3-4-14(19)12-15/h3-7,12H,8-11H2,1-2H3/b7-6+. The number of anilines is 1. The first-order valence-corrected chi connectivity index (χ1v) is 8.88. The fourth-order valence-electron chi connectivity index (χ4n) is 2.95. The molecule has 0 radical (unpaired) electrons. The molecule has 132 valence electrons. The summed E-state index contributed by atoms with van der Waals surface area (Å²) in [5, 5.41) is 5.50. The second-order valence-electron chi connectivity index (χ2n) is 6.04. The number of nitrogens with zero attached hydrogens (tertiary/aromatic N) is 4. The van der Waals surface area contributed by atoms with Gasteiger partial charge in [-0.15, -0.1) is 0 Å². The van der Waals surface area contributed by atoms with Gasteiger partial charge in [-0.05, 0) is 31.2 Å². The second kappa shape index (κ2) is 7.50. The molecular formula is C18H20Cl2N4O. The third kappa shape index (κ3) is 3.99. The van der Waals surface area contributed by atoms with E-state index in [0.29, 0.717) is 18.2 Å². The third-order valence-corrected chi connectivity index (χ3v) is 5.04. The molecule has 2 heterocycles. The Balaban J connectivity index is 1.61. The molecule has 0 aliphatic carbocycles. The normalized spacial score (nSPS) is 15.2. The average molecular weight is 379 g/mol. The van der Waals surface area contributed by atoms with Crippen molar-refractivity contribution in [2.45, 2.75) is 6.92 Å². The van der Waals surface area contributed by atoms with Crippen molar-refractivity contribution in [3.05, 3.63) is 51.8 Å². The molecule has 3 rings (SSSR count). The smallest absolute Gasteiger partial charge is 0.246 e. The molecule has 1 amide bonds. The first kappa shape index (κ1) is 17.8. The van der Waals surface area contributed by atoms with Gasteiger partial charge in [0.1, 0.15) is 5.15 Å². The number of carbonyl (C=O) groups is 1. The van der Waals surface area contributed by atoms with Crippen LogP contribution in [0.4, 0.5) is 5.69 Å². The molecule has 5 nitrogen and oxygen atoms in total. The van der Waals surface area contributed by atoms with Gasteiger partial charge in [0, 0.05) is 55.6 Å². The van der Waals surface area contributed by atoms with Crippen molar-refractivity contribution in [3.8, 4) is 0 Å². The maximum Gasteiger partial charge on any atom is 0.246 e. The summed E-state index contributed by atoms with van der Waals surface area (Å²) in [7, 11) is 1.78. The van der Waals surface area contributed by atoms with Gasteiger partial charge >= 0.3 is 0 Å². The van der Waals surface area contributed by atoms with E-state index in [1.807, 2.05) is 36.1 Å². The number of hydrogen-bond donors (Lipinski definition) is 0. The van der Waals surface area contributed by atoms with Crippen molar-refractivity contribution >= 4 is 40.9 Å². The lowest BCUT2D eigenvalue weighted by Gasteiger charge is -2.35. The van der Waals surface area contributed by atoms with E-state index in [2.05, 4.69) is 10.00 Å². The van der Waals surface area contributed by atoms with E-state index in [-0.39, 0.29) is 5.91 Å². The van der Waals surface area contributed by atoms with Gasteiger partial charge in [-0.1, -0.05) is 29.3 Å². The van der Waals surface area contributed by atoms with E-state index in [1.165, 1.54) is 0 Å². The molecule has 1 aromatic heterocycles. The third-order valence-electron chi connectivity index (χ3n) is 4.35. The Hall–Kier alpha value is -1.98. The minimum atomic E-state index is -0.00920. The molecule has 1 aliphatic heterocycles. The number of hydrogen-bond acceptors (Lipinski definition) is 3. The minimum absolute atomic E-state index is 0.00920. The molecule has 1 fully saturated rings. The van der Waals surface area contributed by atoms with E-state index in [0.717, 1.165) is 35.1 Å². The molecule has 7 heteroatoms. The highest BCUT2D eigenvalue weighted by molar-refractivity contribution is 6.31. The van der Waals surface area contributed by atoms with Crippen molar-refractivity contribution < 1.29 is 4.79 Å². The van der Waals surface area contributed by atoms with Crippen LogP contribution in [0, 0.1) is 6.92 Å². The monoisotopic (exact) mass is 378 g/mol. The summed E-state index contributed by atoms with van der Waals surface area (Å²) in [5.41, 5.74) is 2.69. The Kier molecular flexibility index (Phi) is 5.35. The molecular weight excluding hydrogens is 359 g/mol. The zero-order chi connectivity index (χ0) is 18.0. The largest absolute Gasteiger partial charge is 0.368 e. The van der Waals surface area contributed by atoms with Gasteiger partial charge in [0.2, 0.25) is 5.91 Å². The molecule has 1 aliphatic rings. The lowest BCUT2D eigenvalue weighted by molar-refractivity contribution is -0.126. The fraction of sp³-hybridized carbons (Fsp3) is 0.333. The van der Waals surface area contributed by atoms with Crippen LogP contribution in [-0.4, -0.2) is 46.8 Å². The second-order valence-corrected chi connectivity index (χ2v) is 6.83. The number of halogens is 2. The summed E-state index contributed by atoms with van der Waals surface area (Å²) in [5.74, 6) is -0.00920. The highest BCUT2D eigenvalue weighted by Gasteiger charge is 2.20. The summed E-state index contributed by atoms with van der Waals surface area (Å²) >= 11 is 12.2. The maximum atomic E-state index is 12.4. The molecule has 0 unspecified atom stereocenters. The van der Waals surface area contributed by atoms with Crippen molar-refractivity contribution in [2.75, 3.05) is 31.1 Å². The Bertz CT molecular complexity index is 807. The van der Waals surface area contributed by atoms with Gasteiger partial charge < -0.3 is 9.80 Å². The number of benzene rings is 1. The van der Waals surface area contributed by atoms with Gasteiger partial charge in [-0.3, -0.25) is 9.48 Å². The van der Waals surface area contributed by atoms with Gasteiger partial charge in [-0.2, -0.15) is 5.10 Å². The van der Waals surface area contributed by atoms with Crippen LogP contribution < -0.4 is 4.90 Å². The van der Waals surface area contributed by atoms with Crippen molar-refractivity contribution in [1.82, 2.24) is 14.7 Å². The number of carbonyl (C=O) groups excluding carboxylic acids is 1. The average Bonchev–Trinajstić information content (AvgIpc) is 2.85. The number of piperazine rings is 1. The van der Waals surface area contributed by atoms with Crippen LogP contribution in [-0.2, 0) is 11.8 Å². The molecule has 2 aromatic rings. The van der Waals surface area contributed by atoms with Gasteiger partial charge in [0.15, 0.2) is 0 Å². The van der Waals surface area contributed by atoms with E-state index in [9.17, 15) is 4.79 Å². The summed E-state index contributed by atoms with van der Waals surface area (Å²) in [6, 6.07) is 7.79. The predicted molar refractivity (Wildman–Crippen MR) is 102 cm³/mol. The van der Waals surface area contributed by atoms with Gasteiger partial charge in [0.25, 0.3) is 0 Å². The highest BCUT2D eigenvalue weighted by Crippen LogP contribution is 2.22. The van der Waals surface area contributed by atoms with E-state index in [4.69, 9.17) is 23.2 Å². The van der Waals surface area contributed by atoms with Crippen LogP contribution in [0.2, 0.25) is 10.2 Å². The van der Waals surface area contributed by atoms with Crippen LogP contribution in [0.3, 0.4) is 0 Å². The molecule has 1 aromatic carbocycles. The van der Waals surface area contributed by atoms with Crippen LogP contribution in [0.25, 0.3) is 6.08 Å². The maximum absolute atomic E-state index is 12.4. The Morgan fingerprint density at radius 1 is 1.20 bits per heavy atom. The van der Waals surface area contributed by atoms with Gasteiger partial charge in [0.05, 0.1) is 5.69 Å². The molecule has 0 bridgehead atoms. The Morgan fingerprint density at radius 2 is 1.92 bits per heavy atom. The van der Waals surface area contributed by atoms with Crippen LogP contribution >= 0.6 is 23.2 Å². The van der Waals surface area contributed by atoms with Crippen molar-refractivity contribution in [2.24, 2.45) is 7.05 Å². The van der Waals surface area contributed by atoms with Crippen molar-refractivity contribution in [1.29, 1.82) is 0 Å². The van der Waals surface area contributed by atoms with Crippen LogP contribution in [0.1, 0.15) is 11.3 Å². The quantitative estimate of drug-likeness (QED) is 0.768. The molecule has 0 N–H and O–H groups in total. The van der Waals surface area contributed by atoms with Crippen molar-refractivity contribution in [3.63, 3.8) is 0 Å². The first-order valence-electron chi connectivity index (χ1n) is 8.12. The van der Waals surface area contributed by atoms with E-state index < -0.39 is 0 Å². The molecule has 1 saturated heterocycles. The summed E-state index contributed by atoms with van der Waals surface area (Å²) in [4.78, 5) is 16.5. The lowest BCUT2D eigenvalue weighted by Crippen LogP contribution is -2.48. The fourth-order valence-corrected chi connectivity index (χ4v) is 3.38. The predicted octanol–water partition coefficient (Wildman–Crippen LogP) is 3.40.